The number of hydrogen-bond donors (Lipinski definition) is 1. The van der Waals surface area contributed by atoms with Crippen LogP contribution in [-0.4, -0.2) is 24.0 Å². The van der Waals surface area contributed by atoms with E-state index < -0.39 is 0 Å². The summed E-state index contributed by atoms with van der Waals surface area (Å²) in [6, 6.07) is 0. The molecule has 0 fully saturated rings. The average Bonchev–Trinajstić information content (AvgIpc) is 2.34. The first-order chi connectivity index (χ1) is 4.43. The monoisotopic (exact) mass is 140 g/mol. The molecule has 3 heteroatoms. The highest BCUT2D eigenvalue weighted by molar-refractivity contribution is 8.14. The van der Waals surface area contributed by atoms with E-state index in [-0.39, 0.29) is 0 Å². The van der Waals surface area contributed by atoms with Crippen LogP contribution in [-0.2, 0) is 0 Å². The third-order valence-corrected chi connectivity index (χ3v) is 1.79. The van der Waals surface area contributed by atoms with Gasteiger partial charge in [0.05, 0.1) is 12.3 Å². The highest BCUT2D eigenvalue weighted by Crippen LogP contribution is 2.02. The van der Waals surface area contributed by atoms with Gasteiger partial charge in [-0.05, 0) is 0 Å². The predicted octanol–water partition coefficient (Wildman–Crippen LogP) is 0.312. The van der Waals surface area contributed by atoms with Gasteiger partial charge in [0.2, 0.25) is 0 Å². The number of amidine groups is 1. The van der Waals surface area contributed by atoms with Crippen molar-refractivity contribution in [2.75, 3.05) is 18.8 Å². The van der Waals surface area contributed by atoms with E-state index in [9.17, 15) is 0 Å². The van der Waals surface area contributed by atoms with Gasteiger partial charge >= 0.3 is 0 Å². The van der Waals surface area contributed by atoms with Gasteiger partial charge in [-0.2, -0.15) is 0 Å². The summed E-state index contributed by atoms with van der Waals surface area (Å²) in [6.45, 7) is 1.86. The predicted molar refractivity (Wildman–Crippen MR) is 41.6 cm³/mol. The number of hydrogen-bond acceptors (Lipinski definition) is 3. The molecule has 0 aromatic carbocycles. The van der Waals surface area contributed by atoms with Gasteiger partial charge in [0.1, 0.15) is 0 Å². The Hall–Kier alpha value is -0.620. The number of nitrogens with one attached hydrogen (secondary N) is 1. The summed E-state index contributed by atoms with van der Waals surface area (Å²) < 4.78 is 0. The standard InChI is InChI=1S/C6H8N2S/c1-2-5-9-6-7-3-4-8-6/h1H,3-5H2,(H,7,8). The smallest absolute Gasteiger partial charge is 0.157 e. The minimum atomic E-state index is 0.714. The minimum Gasteiger partial charge on any atom is -0.363 e. The summed E-state index contributed by atoms with van der Waals surface area (Å²) in [5.41, 5.74) is 0. The van der Waals surface area contributed by atoms with E-state index in [0.29, 0.717) is 5.75 Å². The van der Waals surface area contributed by atoms with Crippen LogP contribution in [0.15, 0.2) is 4.99 Å². The van der Waals surface area contributed by atoms with Crippen molar-refractivity contribution in [2.45, 2.75) is 0 Å². The Morgan fingerprint density at radius 3 is 3.33 bits per heavy atom. The highest BCUT2D eigenvalue weighted by Gasteiger charge is 2.02. The summed E-state index contributed by atoms with van der Waals surface area (Å²) in [5, 5.41) is 4.10. The van der Waals surface area contributed by atoms with Crippen LogP contribution in [0.5, 0.6) is 0 Å². The first-order valence-corrected chi connectivity index (χ1v) is 3.76. The fourth-order valence-electron chi connectivity index (χ4n) is 0.583. The van der Waals surface area contributed by atoms with Crippen LogP contribution in [0.4, 0.5) is 0 Å². The number of thioether (sulfide) groups is 1. The lowest BCUT2D eigenvalue weighted by Crippen LogP contribution is -2.15. The van der Waals surface area contributed by atoms with Crippen molar-refractivity contribution >= 4 is 16.9 Å². The van der Waals surface area contributed by atoms with E-state index in [2.05, 4.69) is 16.2 Å². The van der Waals surface area contributed by atoms with Crippen molar-refractivity contribution < 1.29 is 0 Å². The van der Waals surface area contributed by atoms with Crippen LogP contribution >= 0.6 is 11.8 Å². The van der Waals surface area contributed by atoms with Crippen molar-refractivity contribution in [3.05, 3.63) is 0 Å². The van der Waals surface area contributed by atoms with Gasteiger partial charge in [-0.15, -0.1) is 6.42 Å². The molecule has 0 aliphatic carbocycles. The fraction of sp³-hybridized carbons (Fsp3) is 0.500. The zero-order chi connectivity index (χ0) is 6.53. The molecule has 0 atom stereocenters. The normalized spacial score (nSPS) is 16.1. The number of rotatable bonds is 1. The number of nitrogens with zero attached hydrogens (tertiary/aromatic N) is 1. The molecule has 0 amide bonds. The summed E-state index contributed by atoms with van der Waals surface area (Å²) in [4.78, 5) is 4.15. The zero-order valence-corrected chi connectivity index (χ0v) is 5.87. The quantitative estimate of drug-likeness (QED) is 0.530. The molecular weight excluding hydrogens is 132 g/mol. The molecule has 1 aliphatic rings. The molecule has 48 valence electrons. The lowest BCUT2D eigenvalue weighted by atomic mass is 10.7. The highest BCUT2D eigenvalue weighted by atomic mass is 32.2. The molecule has 1 rings (SSSR count). The molecule has 0 aromatic rings. The van der Waals surface area contributed by atoms with Crippen molar-refractivity contribution in [3.63, 3.8) is 0 Å². The van der Waals surface area contributed by atoms with Gasteiger partial charge in [-0.1, -0.05) is 17.7 Å². The maximum Gasteiger partial charge on any atom is 0.157 e. The van der Waals surface area contributed by atoms with Crippen LogP contribution in [0.2, 0.25) is 0 Å². The van der Waals surface area contributed by atoms with Crippen molar-refractivity contribution in [1.82, 2.24) is 5.32 Å². The molecule has 0 bridgehead atoms. The Morgan fingerprint density at radius 1 is 1.89 bits per heavy atom. The van der Waals surface area contributed by atoms with Crippen LogP contribution < -0.4 is 5.32 Å². The molecule has 0 unspecified atom stereocenters. The van der Waals surface area contributed by atoms with E-state index in [1.165, 1.54) is 0 Å². The van der Waals surface area contributed by atoms with Crippen molar-refractivity contribution in [2.24, 2.45) is 4.99 Å². The zero-order valence-electron chi connectivity index (χ0n) is 5.05. The topological polar surface area (TPSA) is 24.4 Å². The summed E-state index contributed by atoms with van der Waals surface area (Å²) in [7, 11) is 0. The first kappa shape index (κ1) is 6.50. The molecule has 1 aliphatic heterocycles. The lowest BCUT2D eigenvalue weighted by Gasteiger charge is -1.94. The van der Waals surface area contributed by atoms with Crippen LogP contribution in [0.3, 0.4) is 0 Å². The second-order valence-corrected chi connectivity index (χ2v) is 2.57. The SMILES string of the molecule is C#CCSC1=NCCN1. The molecule has 9 heavy (non-hydrogen) atoms. The maximum absolute atomic E-state index is 5.05. The summed E-state index contributed by atoms with van der Waals surface area (Å²) in [6.07, 6.45) is 5.05. The third kappa shape index (κ3) is 1.98. The average molecular weight is 140 g/mol. The third-order valence-electron chi connectivity index (χ3n) is 0.936. The lowest BCUT2D eigenvalue weighted by molar-refractivity contribution is 0.963. The molecule has 1 heterocycles. The fourth-order valence-corrected chi connectivity index (χ4v) is 1.19. The Bertz CT molecular complexity index is 157. The van der Waals surface area contributed by atoms with Gasteiger partial charge in [0.15, 0.2) is 5.17 Å². The van der Waals surface area contributed by atoms with Gasteiger partial charge in [0, 0.05) is 6.54 Å². The molecule has 0 spiro atoms. The number of terminal acetylenes is 1. The van der Waals surface area contributed by atoms with Gasteiger partial charge in [-0.3, -0.25) is 4.99 Å². The largest absolute Gasteiger partial charge is 0.363 e. The van der Waals surface area contributed by atoms with E-state index in [0.717, 1.165) is 18.3 Å². The second-order valence-electron chi connectivity index (χ2n) is 1.61. The van der Waals surface area contributed by atoms with Gasteiger partial charge in [0.25, 0.3) is 0 Å². The molecule has 0 saturated carbocycles. The van der Waals surface area contributed by atoms with E-state index in [1.807, 2.05) is 0 Å². The van der Waals surface area contributed by atoms with Crippen molar-refractivity contribution in [1.29, 1.82) is 0 Å². The van der Waals surface area contributed by atoms with E-state index in [4.69, 9.17) is 6.42 Å². The Kier molecular flexibility index (Phi) is 2.47. The molecule has 0 aromatic heterocycles. The molecular formula is C6H8N2S. The molecule has 0 radical (unpaired) electrons. The maximum atomic E-state index is 5.05. The molecule has 1 N–H and O–H groups in total. The molecule has 0 saturated heterocycles. The van der Waals surface area contributed by atoms with E-state index >= 15 is 0 Å². The Labute approximate surface area is 59.1 Å². The number of aliphatic imine (C=N–C) groups is 1. The minimum absolute atomic E-state index is 0.714. The molecule has 2 nitrogen and oxygen atoms in total. The Balaban J connectivity index is 2.20. The summed E-state index contributed by atoms with van der Waals surface area (Å²) in [5.74, 6) is 3.25. The summed E-state index contributed by atoms with van der Waals surface area (Å²) >= 11 is 1.59. The van der Waals surface area contributed by atoms with Crippen molar-refractivity contribution in [3.8, 4) is 12.3 Å². The Morgan fingerprint density at radius 2 is 2.78 bits per heavy atom. The van der Waals surface area contributed by atoms with Gasteiger partial charge < -0.3 is 5.32 Å². The van der Waals surface area contributed by atoms with Crippen LogP contribution in [0, 0.1) is 12.3 Å². The second kappa shape index (κ2) is 3.41. The van der Waals surface area contributed by atoms with Crippen LogP contribution in [0.1, 0.15) is 0 Å². The first-order valence-electron chi connectivity index (χ1n) is 2.78. The van der Waals surface area contributed by atoms with E-state index in [1.54, 1.807) is 11.8 Å². The van der Waals surface area contributed by atoms with Gasteiger partial charge in [-0.25, -0.2) is 0 Å². The van der Waals surface area contributed by atoms with Crippen LogP contribution in [0.25, 0.3) is 0 Å².